The summed E-state index contributed by atoms with van der Waals surface area (Å²) in [5.41, 5.74) is 7.09. The van der Waals surface area contributed by atoms with Gasteiger partial charge in [-0.25, -0.2) is 14.1 Å². The van der Waals surface area contributed by atoms with E-state index in [1.807, 2.05) is 6.92 Å². The molecule has 0 fully saturated rings. The number of nitrogen functional groups attached to an aromatic ring is 1. The summed E-state index contributed by atoms with van der Waals surface area (Å²) >= 11 is 0. The van der Waals surface area contributed by atoms with Crippen molar-refractivity contribution in [2.45, 2.75) is 39.5 Å². The third-order valence-electron chi connectivity index (χ3n) is 3.33. The summed E-state index contributed by atoms with van der Waals surface area (Å²) in [7, 11) is 0. The Balaban J connectivity index is 2.00. The van der Waals surface area contributed by atoms with Crippen LogP contribution >= 0.6 is 0 Å². The van der Waals surface area contributed by atoms with Crippen molar-refractivity contribution in [3.8, 4) is 5.75 Å². The van der Waals surface area contributed by atoms with E-state index in [-0.39, 0.29) is 5.82 Å². The maximum atomic E-state index is 13.7. The Bertz CT molecular complexity index is 667. The number of halogens is 1. The van der Waals surface area contributed by atoms with E-state index in [1.54, 1.807) is 12.3 Å². The van der Waals surface area contributed by atoms with Crippen LogP contribution in [-0.4, -0.2) is 22.5 Å². The lowest BCUT2D eigenvalue weighted by Gasteiger charge is -2.07. The van der Waals surface area contributed by atoms with Crippen molar-refractivity contribution in [3.05, 3.63) is 41.5 Å². The third kappa shape index (κ3) is 5.39. The largest absolute Gasteiger partial charge is 0.493 e. The fourth-order valence-corrected chi connectivity index (χ4v) is 2.19. The van der Waals surface area contributed by atoms with Gasteiger partial charge in [0.15, 0.2) is 0 Å². The molecule has 1 heterocycles. The van der Waals surface area contributed by atoms with Crippen LogP contribution in [0.1, 0.15) is 43.9 Å². The van der Waals surface area contributed by atoms with Crippen LogP contribution in [0.4, 0.5) is 10.3 Å². The maximum Gasteiger partial charge on any atom is 0.221 e. The number of rotatable bonds is 8. The van der Waals surface area contributed by atoms with Gasteiger partial charge in [-0.1, -0.05) is 26.2 Å². The predicted octanol–water partition coefficient (Wildman–Crippen LogP) is 3.75. The van der Waals surface area contributed by atoms with Crippen molar-refractivity contribution in [2.75, 3.05) is 12.3 Å². The molecule has 0 saturated carbocycles. The average molecular weight is 318 g/mol. The van der Waals surface area contributed by atoms with E-state index >= 15 is 0 Å². The molecule has 0 aliphatic carbocycles. The first kappa shape index (κ1) is 17.0. The number of anilines is 1. The first-order valence-corrected chi connectivity index (χ1v) is 7.87. The van der Waals surface area contributed by atoms with Crippen LogP contribution in [0, 0.1) is 12.7 Å². The van der Waals surface area contributed by atoms with Crippen molar-refractivity contribution in [3.63, 3.8) is 0 Å². The highest BCUT2D eigenvalue weighted by Crippen LogP contribution is 2.16. The highest BCUT2D eigenvalue weighted by molar-refractivity contribution is 5.80. The van der Waals surface area contributed by atoms with E-state index in [0.717, 1.165) is 18.5 Å². The Morgan fingerprint density at radius 3 is 2.83 bits per heavy atom. The predicted molar refractivity (Wildman–Crippen MR) is 90.4 cm³/mol. The van der Waals surface area contributed by atoms with Crippen molar-refractivity contribution < 1.29 is 9.13 Å². The first-order valence-electron chi connectivity index (χ1n) is 7.87. The molecule has 1 aromatic heterocycles. The standard InChI is InChI=1S/C17H23FN4O/c1-3-4-5-6-7-23-16-9-14(8-15(18)10-16)11-20-22-12-13(2)21-17(22)19/h8-12H,3-7H2,1-2H3,(H2,19,21). The summed E-state index contributed by atoms with van der Waals surface area (Å²) in [5.74, 6) is 0.451. The molecule has 0 aliphatic heterocycles. The zero-order valence-corrected chi connectivity index (χ0v) is 13.6. The lowest BCUT2D eigenvalue weighted by atomic mass is 10.2. The van der Waals surface area contributed by atoms with E-state index < -0.39 is 0 Å². The molecule has 1 aromatic carbocycles. The molecule has 0 amide bonds. The SMILES string of the molecule is CCCCCCOc1cc(F)cc(C=Nn2cc(C)nc2N)c1. The topological polar surface area (TPSA) is 65.4 Å². The maximum absolute atomic E-state index is 13.7. The minimum atomic E-state index is -0.354. The lowest BCUT2D eigenvalue weighted by Crippen LogP contribution is -1.99. The molecule has 2 aromatic rings. The summed E-state index contributed by atoms with van der Waals surface area (Å²) < 4.78 is 20.7. The van der Waals surface area contributed by atoms with Gasteiger partial charge in [-0.2, -0.15) is 5.10 Å². The number of unbranched alkanes of at least 4 members (excludes halogenated alkanes) is 3. The highest BCUT2D eigenvalue weighted by Gasteiger charge is 2.02. The number of imidazole rings is 1. The van der Waals surface area contributed by atoms with E-state index in [9.17, 15) is 4.39 Å². The Morgan fingerprint density at radius 1 is 1.30 bits per heavy atom. The molecular formula is C17H23FN4O. The van der Waals surface area contributed by atoms with Gasteiger partial charge in [0, 0.05) is 11.6 Å². The number of nitrogens with two attached hydrogens (primary N) is 1. The van der Waals surface area contributed by atoms with Gasteiger partial charge < -0.3 is 10.5 Å². The highest BCUT2D eigenvalue weighted by atomic mass is 19.1. The summed E-state index contributed by atoms with van der Waals surface area (Å²) in [6, 6.07) is 4.53. The number of aryl methyl sites for hydroxylation is 1. The van der Waals surface area contributed by atoms with Crippen LogP contribution in [0.5, 0.6) is 5.75 Å². The molecule has 0 unspecified atom stereocenters. The summed E-state index contributed by atoms with van der Waals surface area (Å²) in [5, 5.41) is 4.18. The molecular weight excluding hydrogens is 295 g/mol. The zero-order valence-electron chi connectivity index (χ0n) is 13.6. The van der Waals surface area contributed by atoms with Crippen molar-refractivity contribution >= 4 is 12.2 Å². The van der Waals surface area contributed by atoms with Crippen LogP contribution in [-0.2, 0) is 0 Å². The molecule has 2 N–H and O–H groups in total. The third-order valence-corrected chi connectivity index (χ3v) is 3.33. The second kappa shape index (κ2) is 8.31. The Morgan fingerprint density at radius 2 is 2.13 bits per heavy atom. The second-order valence-electron chi connectivity index (χ2n) is 5.46. The van der Waals surface area contributed by atoms with Crippen LogP contribution in [0.3, 0.4) is 0 Å². The molecule has 0 radical (unpaired) electrons. The fourth-order valence-electron chi connectivity index (χ4n) is 2.19. The molecule has 124 valence electrons. The summed E-state index contributed by atoms with van der Waals surface area (Å²) in [4.78, 5) is 4.05. The van der Waals surface area contributed by atoms with Gasteiger partial charge in [-0.05, 0) is 25.5 Å². The number of hydrogen-bond acceptors (Lipinski definition) is 4. The lowest BCUT2D eigenvalue weighted by molar-refractivity contribution is 0.303. The number of ether oxygens (including phenoxy) is 1. The number of benzene rings is 1. The molecule has 0 saturated heterocycles. The Kier molecular flexibility index (Phi) is 6.14. The van der Waals surface area contributed by atoms with Gasteiger partial charge in [-0.3, -0.25) is 0 Å². The molecule has 23 heavy (non-hydrogen) atoms. The van der Waals surface area contributed by atoms with Crippen molar-refractivity contribution in [1.29, 1.82) is 0 Å². The van der Waals surface area contributed by atoms with Crippen molar-refractivity contribution in [2.24, 2.45) is 5.10 Å². The van der Waals surface area contributed by atoms with E-state index in [1.165, 1.54) is 35.9 Å². The van der Waals surface area contributed by atoms with E-state index in [4.69, 9.17) is 10.5 Å². The van der Waals surface area contributed by atoms with Gasteiger partial charge in [0.2, 0.25) is 5.95 Å². The van der Waals surface area contributed by atoms with Gasteiger partial charge in [0.1, 0.15) is 11.6 Å². The molecule has 2 rings (SSSR count). The molecule has 0 aliphatic rings. The van der Waals surface area contributed by atoms with Gasteiger partial charge in [0.25, 0.3) is 0 Å². The monoisotopic (exact) mass is 318 g/mol. The average Bonchev–Trinajstić information content (AvgIpc) is 2.82. The molecule has 5 nitrogen and oxygen atoms in total. The second-order valence-corrected chi connectivity index (χ2v) is 5.46. The van der Waals surface area contributed by atoms with Gasteiger partial charge in [0.05, 0.1) is 24.7 Å². The number of hydrogen-bond donors (Lipinski definition) is 1. The minimum Gasteiger partial charge on any atom is -0.493 e. The Hall–Kier alpha value is -2.37. The molecule has 6 heteroatoms. The van der Waals surface area contributed by atoms with Crippen LogP contribution in [0.2, 0.25) is 0 Å². The smallest absolute Gasteiger partial charge is 0.221 e. The van der Waals surface area contributed by atoms with E-state index in [0.29, 0.717) is 23.9 Å². The summed E-state index contributed by atoms with van der Waals surface area (Å²) in [6.45, 7) is 4.58. The van der Waals surface area contributed by atoms with E-state index in [2.05, 4.69) is 17.0 Å². The number of aromatic nitrogens is 2. The first-order chi connectivity index (χ1) is 11.1. The molecule has 0 spiro atoms. The Labute approximate surface area is 136 Å². The van der Waals surface area contributed by atoms with Crippen LogP contribution in [0.25, 0.3) is 0 Å². The quantitative estimate of drug-likeness (QED) is 0.595. The summed E-state index contributed by atoms with van der Waals surface area (Å²) in [6.07, 6.45) is 7.70. The zero-order chi connectivity index (χ0) is 16.7. The van der Waals surface area contributed by atoms with Crippen molar-refractivity contribution in [1.82, 2.24) is 9.66 Å². The van der Waals surface area contributed by atoms with Crippen LogP contribution in [0.15, 0.2) is 29.5 Å². The van der Waals surface area contributed by atoms with Crippen LogP contribution < -0.4 is 10.5 Å². The molecule has 0 atom stereocenters. The van der Waals surface area contributed by atoms with Gasteiger partial charge in [-0.15, -0.1) is 0 Å². The minimum absolute atomic E-state index is 0.294. The van der Waals surface area contributed by atoms with Gasteiger partial charge >= 0.3 is 0 Å². The number of nitrogens with zero attached hydrogens (tertiary/aromatic N) is 3. The molecule has 0 bridgehead atoms. The fraction of sp³-hybridized carbons (Fsp3) is 0.412. The normalized spacial score (nSPS) is 11.3.